The molecule has 1 aromatic rings. The number of aromatic nitrogens is 2. The molecule has 2 aliphatic rings. The van der Waals surface area contributed by atoms with Gasteiger partial charge in [-0.2, -0.15) is 0 Å². The lowest BCUT2D eigenvalue weighted by Crippen LogP contribution is -2.47. The summed E-state index contributed by atoms with van der Waals surface area (Å²) in [5.74, 6) is 0.0486. The minimum Gasteiger partial charge on any atom is -0.337 e. The molecule has 0 saturated carbocycles. The molecule has 1 spiro atoms. The summed E-state index contributed by atoms with van der Waals surface area (Å²) < 4.78 is 3.76. The third-order valence-corrected chi connectivity index (χ3v) is 4.86. The third kappa shape index (κ3) is 2.27. The summed E-state index contributed by atoms with van der Waals surface area (Å²) in [6.07, 6.45) is 4.79. The number of carbonyl (C=O) groups excluding carboxylic acids is 1. The zero-order chi connectivity index (χ0) is 12.4. The van der Waals surface area contributed by atoms with E-state index in [1.807, 2.05) is 4.90 Å². The van der Waals surface area contributed by atoms with E-state index in [9.17, 15) is 4.79 Å². The second-order valence-electron chi connectivity index (χ2n) is 5.33. The van der Waals surface area contributed by atoms with Crippen LogP contribution in [-0.4, -0.2) is 46.6 Å². The number of rotatable bonds is 1. The smallest absolute Gasteiger partial charge is 0.275 e. The van der Waals surface area contributed by atoms with Gasteiger partial charge in [0.2, 0.25) is 0 Å². The summed E-state index contributed by atoms with van der Waals surface area (Å²) in [4.78, 5) is 14.1. The second kappa shape index (κ2) is 4.93. The molecule has 2 fully saturated rings. The fourth-order valence-electron chi connectivity index (χ4n) is 3.06. The average Bonchev–Trinajstić information content (AvgIpc) is 2.94. The van der Waals surface area contributed by atoms with Gasteiger partial charge in [-0.3, -0.25) is 4.79 Å². The van der Waals surface area contributed by atoms with Crippen molar-refractivity contribution in [2.75, 3.05) is 26.2 Å². The number of nitrogens with zero attached hydrogens (tertiary/aromatic N) is 3. The molecule has 1 N–H and O–H groups in total. The van der Waals surface area contributed by atoms with Gasteiger partial charge in [0.05, 0.1) is 0 Å². The van der Waals surface area contributed by atoms with Gasteiger partial charge in [-0.15, -0.1) is 5.10 Å². The first-order valence-electron chi connectivity index (χ1n) is 6.56. The SMILES string of the molecule is O=C(c1csnn1)N1CCC2(CCNCC2)CC1. The van der Waals surface area contributed by atoms with Gasteiger partial charge in [0.15, 0.2) is 5.69 Å². The minimum absolute atomic E-state index is 0.0486. The lowest BCUT2D eigenvalue weighted by atomic mass is 9.71. The van der Waals surface area contributed by atoms with Crippen molar-refractivity contribution in [3.63, 3.8) is 0 Å². The van der Waals surface area contributed by atoms with Gasteiger partial charge in [0, 0.05) is 18.5 Å². The van der Waals surface area contributed by atoms with E-state index in [1.165, 1.54) is 24.4 Å². The van der Waals surface area contributed by atoms with Crippen LogP contribution >= 0.6 is 11.5 Å². The van der Waals surface area contributed by atoms with E-state index in [4.69, 9.17) is 0 Å². The van der Waals surface area contributed by atoms with Crippen LogP contribution in [0.15, 0.2) is 5.38 Å². The quantitative estimate of drug-likeness (QED) is 0.828. The summed E-state index contributed by atoms with van der Waals surface area (Å²) in [7, 11) is 0. The molecule has 2 saturated heterocycles. The minimum atomic E-state index is 0.0486. The van der Waals surface area contributed by atoms with E-state index in [2.05, 4.69) is 14.9 Å². The molecule has 0 atom stereocenters. The molecule has 3 rings (SSSR count). The predicted molar refractivity (Wildman–Crippen MR) is 69.6 cm³/mol. The molecule has 6 heteroatoms. The molecule has 1 amide bonds. The highest BCUT2D eigenvalue weighted by molar-refractivity contribution is 7.03. The van der Waals surface area contributed by atoms with E-state index in [0.717, 1.165) is 39.0 Å². The summed E-state index contributed by atoms with van der Waals surface area (Å²) in [5.41, 5.74) is 0.990. The molecule has 0 bridgehead atoms. The van der Waals surface area contributed by atoms with Crippen LogP contribution in [0.1, 0.15) is 36.2 Å². The van der Waals surface area contributed by atoms with Crippen LogP contribution in [-0.2, 0) is 0 Å². The number of hydrogen-bond acceptors (Lipinski definition) is 5. The Hall–Kier alpha value is -1.01. The molecule has 1 aromatic heterocycles. The van der Waals surface area contributed by atoms with Crippen LogP contribution < -0.4 is 5.32 Å². The standard InChI is InChI=1S/C12H18N4OS/c17-11(10-9-18-15-14-10)16-7-3-12(4-8-16)1-5-13-6-2-12/h9,13H,1-8H2. The lowest BCUT2D eigenvalue weighted by Gasteiger charge is -2.44. The van der Waals surface area contributed by atoms with Crippen molar-refractivity contribution in [3.8, 4) is 0 Å². The maximum atomic E-state index is 12.1. The van der Waals surface area contributed by atoms with Gasteiger partial charge in [0.1, 0.15) is 0 Å². The number of carbonyl (C=O) groups is 1. The van der Waals surface area contributed by atoms with Gasteiger partial charge >= 0.3 is 0 Å². The van der Waals surface area contributed by atoms with Gasteiger partial charge in [0.25, 0.3) is 5.91 Å². The van der Waals surface area contributed by atoms with Crippen LogP contribution in [0, 0.1) is 5.41 Å². The molecule has 18 heavy (non-hydrogen) atoms. The second-order valence-corrected chi connectivity index (χ2v) is 5.94. The maximum Gasteiger partial charge on any atom is 0.275 e. The Morgan fingerprint density at radius 2 is 2.00 bits per heavy atom. The summed E-state index contributed by atoms with van der Waals surface area (Å²) >= 11 is 1.24. The molecular weight excluding hydrogens is 248 g/mol. The number of piperidine rings is 2. The van der Waals surface area contributed by atoms with Crippen molar-refractivity contribution in [1.29, 1.82) is 0 Å². The van der Waals surface area contributed by atoms with Crippen molar-refractivity contribution in [3.05, 3.63) is 11.1 Å². The number of nitrogens with one attached hydrogen (secondary N) is 1. The molecule has 0 aromatic carbocycles. The first-order chi connectivity index (χ1) is 8.79. The molecule has 5 nitrogen and oxygen atoms in total. The monoisotopic (exact) mass is 266 g/mol. The highest BCUT2D eigenvalue weighted by atomic mass is 32.1. The van der Waals surface area contributed by atoms with Crippen molar-refractivity contribution >= 4 is 17.4 Å². The first kappa shape index (κ1) is 12.0. The number of hydrogen-bond donors (Lipinski definition) is 1. The summed E-state index contributed by atoms with van der Waals surface area (Å²) in [6, 6.07) is 0. The maximum absolute atomic E-state index is 12.1. The van der Waals surface area contributed by atoms with E-state index < -0.39 is 0 Å². The van der Waals surface area contributed by atoms with Crippen molar-refractivity contribution in [2.24, 2.45) is 5.41 Å². The molecule has 3 heterocycles. The molecular formula is C12H18N4OS. The van der Waals surface area contributed by atoms with Crippen molar-refractivity contribution in [1.82, 2.24) is 19.8 Å². The Kier molecular flexibility index (Phi) is 3.30. The molecule has 0 radical (unpaired) electrons. The van der Waals surface area contributed by atoms with Gasteiger partial charge in [-0.25, -0.2) is 0 Å². The molecule has 98 valence electrons. The van der Waals surface area contributed by atoms with Crippen LogP contribution in [0.25, 0.3) is 0 Å². The topological polar surface area (TPSA) is 58.1 Å². The highest BCUT2D eigenvalue weighted by Gasteiger charge is 2.37. The number of likely N-dealkylation sites (tertiary alicyclic amines) is 1. The van der Waals surface area contributed by atoms with Crippen molar-refractivity contribution in [2.45, 2.75) is 25.7 Å². The van der Waals surface area contributed by atoms with Crippen LogP contribution in [0.5, 0.6) is 0 Å². The Bertz CT molecular complexity index is 404. The zero-order valence-corrected chi connectivity index (χ0v) is 11.2. The highest BCUT2D eigenvalue weighted by Crippen LogP contribution is 2.39. The largest absolute Gasteiger partial charge is 0.337 e. The first-order valence-corrected chi connectivity index (χ1v) is 7.40. The number of amides is 1. The molecule has 0 aliphatic carbocycles. The zero-order valence-electron chi connectivity index (χ0n) is 10.4. The molecule has 0 unspecified atom stereocenters. The van der Waals surface area contributed by atoms with Crippen LogP contribution in [0.2, 0.25) is 0 Å². The van der Waals surface area contributed by atoms with Crippen LogP contribution in [0.3, 0.4) is 0 Å². The normalized spacial score (nSPS) is 23.2. The van der Waals surface area contributed by atoms with Crippen LogP contribution in [0.4, 0.5) is 0 Å². The van der Waals surface area contributed by atoms with Gasteiger partial charge in [-0.1, -0.05) is 4.49 Å². The average molecular weight is 266 g/mol. The van der Waals surface area contributed by atoms with Gasteiger partial charge in [-0.05, 0) is 55.7 Å². The fraction of sp³-hybridized carbons (Fsp3) is 0.750. The Morgan fingerprint density at radius 1 is 1.28 bits per heavy atom. The van der Waals surface area contributed by atoms with E-state index in [0.29, 0.717) is 11.1 Å². The Labute approximate surface area is 111 Å². The summed E-state index contributed by atoms with van der Waals surface area (Å²) in [6.45, 7) is 4.00. The third-order valence-electron chi connectivity index (χ3n) is 4.35. The van der Waals surface area contributed by atoms with Gasteiger partial charge < -0.3 is 10.2 Å². The van der Waals surface area contributed by atoms with E-state index in [-0.39, 0.29) is 5.91 Å². The molecule has 2 aliphatic heterocycles. The fourth-order valence-corrected chi connectivity index (χ4v) is 3.49. The lowest BCUT2D eigenvalue weighted by molar-refractivity contribution is 0.0491. The Balaban J connectivity index is 1.61. The summed E-state index contributed by atoms with van der Waals surface area (Å²) in [5, 5.41) is 9.01. The van der Waals surface area contributed by atoms with Crippen molar-refractivity contribution < 1.29 is 4.79 Å². The van der Waals surface area contributed by atoms with E-state index >= 15 is 0 Å². The van der Waals surface area contributed by atoms with E-state index in [1.54, 1.807) is 5.38 Å². The Morgan fingerprint density at radius 3 is 2.61 bits per heavy atom. The predicted octanol–water partition coefficient (Wildman–Crippen LogP) is 1.14.